The SMILES string of the molecule is O=C1/C(=C/c2cccs2)NC(=S)N1C[C@H]1CCCO1. The largest absolute Gasteiger partial charge is 0.376 e. The summed E-state index contributed by atoms with van der Waals surface area (Å²) in [6.07, 6.45) is 4.01. The summed E-state index contributed by atoms with van der Waals surface area (Å²) in [5.74, 6) is -0.0612. The molecule has 0 radical (unpaired) electrons. The average Bonchev–Trinajstić information content (AvgIpc) is 3.10. The Hall–Kier alpha value is -1.24. The predicted molar refractivity (Wildman–Crippen MR) is 78.7 cm³/mol. The van der Waals surface area contributed by atoms with Crippen molar-refractivity contribution >= 4 is 40.7 Å². The minimum Gasteiger partial charge on any atom is -0.376 e. The van der Waals surface area contributed by atoms with Crippen LogP contribution in [0.5, 0.6) is 0 Å². The molecule has 1 aromatic heterocycles. The van der Waals surface area contributed by atoms with E-state index in [0.717, 1.165) is 24.3 Å². The maximum Gasteiger partial charge on any atom is 0.276 e. The summed E-state index contributed by atoms with van der Waals surface area (Å²) >= 11 is 6.82. The fraction of sp³-hybridized carbons (Fsp3) is 0.385. The molecule has 1 atom stereocenters. The Labute approximate surface area is 121 Å². The van der Waals surface area contributed by atoms with Gasteiger partial charge in [-0.1, -0.05) is 6.07 Å². The fourth-order valence-corrected chi connectivity index (χ4v) is 3.17. The summed E-state index contributed by atoms with van der Waals surface area (Å²) < 4.78 is 5.55. The Balaban J connectivity index is 1.73. The van der Waals surface area contributed by atoms with Gasteiger partial charge in [-0.15, -0.1) is 11.3 Å². The molecule has 2 aliphatic heterocycles. The van der Waals surface area contributed by atoms with Crippen LogP contribution in [0.4, 0.5) is 0 Å². The zero-order valence-corrected chi connectivity index (χ0v) is 11.9. The van der Waals surface area contributed by atoms with E-state index < -0.39 is 0 Å². The minimum absolute atomic E-state index is 0.0612. The number of carbonyl (C=O) groups is 1. The van der Waals surface area contributed by atoms with E-state index >= 15 is 0 Å². The molecule has 1 N–H and O–H groups in total. The van der Waals surface area contributed by atoms with Gasteiger partial charge in [0.1, 0.15) is 5.70 Å². The van der Waals surface area contributed by atoms with Crippen LogP contribution in [0.3, 0.4) is 0 Å². The van der Waals surface area contributed by atoms with E-state index in [-0.39, 0.29) is 12.0 Å². The Kier molecular flexibility index (Phi) is 3.63. The van der Waals surface area contributed by atoms with Crippen LogP contribution in [0.2, 0.25) is 0 Å². The van der Waals surface area contributed by atoms with Gasteiger partial charge >= 0.3 is 0 Å². The number of ether oxygens (including phenoxy) is 1. The third kappa shape index (κ3) is 2.70. The Bertz CT molecular complexity index is 519. The summed E-state index contributed by atoms with van der Waals surface area (Å²) in [7, 11) is 0. The molecule has 0 saturated carbocycles. The van der Waals surface area contributed by atoms with Gasteiger partial charge in [0.05, 0.1) is 12.6 Å². The molecule has 0 aromatic carbocycles. The lowest BCUT2D eigenvalue weighted by atomic mass is 10.2. The molecule has 6 heteroatoms. The summed E-state index contributed by atoms with van der Waals surface area (Å²) in [5.41, 5.74) is 0.547. The Morgan fingerprint density at radius 3 is 3.21 bits per heavy atom. The van der Waals surface area contributed by atoms with Gasteiger partial charge in [-0.3, -0.25) is 9.69 Å². The summed E-state index contributed by atoms with van der Waals surface area (Å²) in [6, 6.07) is 3.93. The molecule has 1 amide bonds. The highest BCUT2D eigenvalue weighted by Gasteiger charge is 2.33. The lowest BCUT2D eigenvalue weighted by Gasteiger charge is -2.18. The quantitative estimate of drug-likeness (QED) is 0.684. The molecule has 100 valence electrons. The van der Waals surface area contributed by atoms with Gasteiger partial charge in [-0.05, 0) is 42.6 Å². The van der Waals surface area contributed by atoms with Crippen LogP contribution < -0.4 is 5.32 Å². The average molecular weight is 294 g/mol. The second-order valence-electron chi connectivity index (χ2n) is 4.55. The van der Waals surface area contributed by atoms with Crippen molar-refractivity contribution in [3.63, 3.8) is 0 Å². The van der Waals surface area contributed by atoms with Crippen LogP contribution >= 0.6 is 23.6 Å². The Morgan fingerprint density at radius 1 is 1.63 bits per heavy atom. The highest BCUT2D eigenvalue weighted by Crippen LogP contribution is 2.20. The van der Waals surface area contributed by atoms with Gasteiger partial charge in [0.25, 0.3) is 5.91 Å². The monoisotopic (exact) mass is 294 g/mol. The molecule has 2 aliphatic rings. The maximum absolute atomic E-state index is 12.3. The number of thiocarbonyl (C=S) groups is 1. The number of hydrogen-bond acceptors (Lipinski definition) is 4. The third-order valence-electron chi connectivity index (χ3n) is 3.20. The fourth-order valence-electron chi connectivity index (χ4n) is 2.25. The number of rotatable bonds is 3. The highest BCUT2D eigenvalue weighted by atomic mass is 32.1. The number of amides is 1. The Morgan fingerprint density at radius 2 is 2.53 bits per heavy atom. The van der Waals surface area contributed by atoms with E-state index in [2.05, 4.69) is 5.32 Å². The van der Waals surface area contributed by atoms with E-state index in [4.69, 9.17) is 17.0 Å². The van der Waals surface area contributed by atoms with Crippen molar-refractivity contribution in [3.05, 3.63) is 28.1 Å². The molecular weight excluding hydrogens is 280 g/mol. The van der Waals surface area contributed by atoms with E-state index in [1.165, 1.54) is 0 Å². The van der Waals surface area contributed by atoms with Crippen molar-refractivity contribution in [3.8, 4) is 0 Å². The van der Waals surface area contributed by atoms with E-state index in [1.807, 2.05) is 23.6 Å². The van der Waals surface area contributed by atoms with Crippen molar-refractivity contribution in [1.82, 2.24) is 10.2 Å². The zero-order valence-electron chi connectivity index (χ0n) is 10.3. The lowest BCUT2D eigenvalue weighted by Crippen LogP contribution is -2.37. The maximum atomic E-state index is 12.3. The smallest absolute Gasteiger partial charge is 0.276 e. The first-order valence-electron chi connectivity index (χ1n) is 6.24. The second-order valence-corrected chi connectivity index (χ2v) is 5.92. The number of hydrogen-bond donors (Lipinski definition) is 1. The molecular formula is C13H14N2O2S2. The van der Waals surface area contributed by atoms with Gasteiger partial charge in [-0.2, -0.15) is 0 Å². The van der Waals surface area contributed by atoms with Crippen LogP contribution in [0, 0.1) is 0 Å². The van der Waals surface area contributed by atoms with E-state index in [1.54, 1.807) is 16.2 Å². The van der Waals surface area contributed by atoms with Gasteiger partial charge in [-0.25, -0.2) is 0 Å². The molecule has 4 nitrogen and oxygen atoms in total. The van der Waals surface area contributed by atoms with Gasteiger partial charge in [0.15, 0.2) is 5.11 Å². The van der Waals surface area contributed by atoms with Crippen LogP contribution in [-0.4, -0.2) is 35.2 Å². The number of nitrogens with zero attached hydrogens (tertiary/aromatic N) is 1. The third-order valence-corrected chi connectivity index (χ3v) is 4.34. The molecule has 19 heavy (non-hydrogen) atoms. The molecule has 3 rings (SSSR count). The van der Waals surface area contributed by atoms with Crippen molar-refractivity contribution in [1.29, 1.82) is 0 Å². The lowest BCUT2D eigenvalue weighted by molar-refractivity contribution is -0.123. The van der Waals surface area contributed by atoms with Crippen molar-refractivity contribution in [2.75, 3.05) is 13.2 Å². The van der Waals surface area contributed by atoms with Gasteiger partial charge in [0, 0.05) is 11.5 Å². The summed E-state index contributed by atoms with van der Waals surface area (Å²) in [4.78, 5) is 14.9. The highest BCUT2D eigenvalue weighted by molar-refractivity contribution is 7.80. The minimum atomic E-state index is -0.0612. The van der Waals surface area contributed by atoms with Crippen LogP contribution in [0.25, 0.3) is 6.08 Å². The first-order chi connectivity index (χ1) is 9.24. The van der Waals surface area contributed by atoms with Crippen molar-refractivity contribution in [2.45, 2.75) is 18.9 Å². The molecule has 3 heterocycles. The zero-order chi connectivity index (χ0) is 13.2. The van der Waals surface area contributed by atoms with E-state index in [9.17, 15) is 4.79 Å². The number of thiophene rings is 1. The molecule has 2 saturated heterocycles. The van der Waals surface area contributed by atoms with Gasteiger partial charge in [0.2, 0.25) is 0 Å². The summed E-state index contributed by atoms with van der Waals surface area (Å²) in [5, 5.41) is 5.44. The first-order valence-corrected chi connectivity index (χ1v) is 7.52. The molecule has 0 bridgehead atoms. The van der Waals surface area contributed by atoms with Crippen LogP contribution in [0.15, 0.2) is 23.2 Å². The molecule has 0 unspecified atom stereocenters. The first kappa shape index (κ1) is 12.8. The molecule has 2 fully saturated rings. The molecule has 0 spiro atoms. The predicted octanol–water partition coefficient (Wildman–Crippen LogP) is 1.98. The molecule has 0 aliphatic carbocycles. The normalized spacial score (nSPS) is 25.4. The van der Waals surface area contributed by atoms with Crippen molar-refractivity contribution < 1.29 is 9.53 Å². The molecule has 1 aromatic rings. The van der Waals surface area contributed by atoms with Crippen molar-refractivity contribution in [2.24, 2.45) is 0 Å². The van der Waals surface area contributed by atoms with E-state index in [0.29, 0.717) is 17.4 Å². The second kappa shape index (κ2) is 5.40. The topological polar surface area (TPSA) is 41.6 Å². The standard InChI is InChI=1S/C13H14N2O2S2/c16-12-11(7-10-4-2-6-19-10)14-13(18)15(12)8-9-3-1-5-17-9/h2,4,6-7,9H,1,3,5,8H2,(H,14,18)/b11-7-/t9-/m1/s1. The summed E-state index contributed by atoms with van der Waals surface area (Å²) in [6.45, 7) is 1.33. The van der Waals surface area contributed by atoms with Gasteiger partial charge < -0.3 is 10.1 Å². The van der Waals surface area contributed by atoms with Crippen LogP contribution in [-0.2, 0) is 9.53 Å². The van der Waals surface area contributed by atoms with Crippen LogP contribution in [0.1, 0.15) is 17.7 Å². The number of nitrogens with one attached hydrogen (secondary N) is 1. The number of carbonyl (C=O) groups excluding carboxylic acids is 1.